The molecule has 0 saturated carbocycles. The molecule has 1 rings (SSSR count). The van der Waals surface area contributed by atoms with Gasteiger partial charge in [-0.15, -0.1) is 0 Å². The van der Waals surface area contributed by atoms with Crippen LogP contribution in [0.4, 0.5) is 10.1 Å². The highest BCUT2D eigenvalue weighted by Crippen LogP contribution is 2.15. The van der Waals surface area contributed by atoms with Crippen molar-refractivity contribution in [2.45, 2.75) is 39.7 Å². The fraction of sp³-hybridized carbons (Fsp3) is 0.500. The van der Waals surface area contributed by atoms with E-state index < -0.39 is 5.82 Å². The minimum atomic E-state index is -0.396. The highest BCUT2D eigenvalue weighted by atomic mass is 19.1. The molecular formula is C14H21FN2O. The maximum Gasteiger partial charge on any atom is 0.225 e. The average molecular weight is 252 g/mol. The molecule has 0 aliphatic rings. The molecule has 100 valence electrons. The van der Waals surface area contributed by atoms with Crippen molar-refractivity contribution < 1.29 is 9.18 Å². The quantitative estimate of drug-likeness (QED) is 0.865. The number of nitrogens with one attached hydrogen (secondary N) is 2. The lowest BCUT2D eigenvalue weighted by atomic mass is 10.1. The van der Waals surface area contributed by atoms with Gasteiger partial charge in [-0.05, 0) is 45.4 Å². The van der Waals surface area contributed by atoms with Crippen molar-refractivity contribution in [3.63, 3.8) is 0 Å². The molecule has 0 aliphatic heterocycles. The largest absolute Gasteiger partial charge is 0.324 e. The number of hydrogen-bond acceptors (Lipinski definition) is 2. The number of rotatable bonds is 4. The van der Waals surface area contributed by atoms with Gasteiger partial charge in [0.2, 0.25) is 5.91 Å². The van der Waals surface area contributed by atoms with Gasteiger partial charge in [0.15, 0.2) is 0 Å². The third kappa shape index (κ3) is 5.27. The highest BCUT2D eigenvalue weighted by molar-refractivity contribution is 5.90. The summed E-state index contributed by atoms with van der Waals surface area (Å²) in [6, 6.07) is 4.76. The first-order chi connectivity index (χ1) is 8.28. The molecule has 0 radical (unpaired) electrons. The summed E-state index contributed by atoms with van der Waals surface area (Å²) >= 11 is 0. The zero-order chi connectivity index (χ0) is 13.8. The molecule has 0 heterocycles. The molecule has 3 nitrogen and oxygen atoms in total. The lowest BCUT2D eigenvalue weighted by Crippen LogP contribution is -2.37. The molecule has 1 aromatic rings. The van der Waals surface area contributed by atoms with Gasteiger partial charge in [-0.1, -0.05) is 6.07 Å². The van der Waals surface area contributed by atoms with Gasteiger partial charge in [-0.2, -0.15) is 0 Å². The van der Waals surface area contributed by atoms with Gasteiger partial charge < -0.3 is 10.6 Å². The van der Waals surface area contributed by atoms with Gasteiger partial charge in [0, 0.05) is 18.5 Å². The summed E-state index contributed by atoms with van der Waals surface area (Å²) in [5, 5.41) is 5.78. The molecule has 0 saturated heterocycles. The summed E-state index contributed by atoms with van der Waals surface area (Å²) in [6.07, 6.45) is 0.324. The smallest absolute Gasteiger partial charge is 0.225 e. The summed E-state index contributed by atoms with van der Waals surface area (Å²) < 4.78 is 13.5. The Kier molecular flexibility index (Phi) is 4.84. The highest BCUT2D eigenvalue weighted by Gasteiger charge is 2.10. The van der Waals surface area contributed by atoms with Crippen molar-refractivity contribution in [2.75, 3.05) is 11.9 Å². The van der Waals surface area contributed by atoms with E-state index in [0.717, 1.165) is 5.56 Å². The van der Waals surface area contributed by atoms with Crippen LogP contribution in [-0.2, 0) is 4.79 Å². The second-order valence-corrected chi connectivity index (χ2v) is 5.46. The molecule has 0 atom stereocenters. The summed E-state index contributed by atoms with van der Waals surface area (Å²) in [6.45, 7) is 8.48. The van der Waals surface area contributed by atoms with E-state index in [2.05, 4.69) is 10.6 Å². The first kappa shape index (κ1) is 14.6. The molecule has 4 heteroatoms. The van der Waals surface area contributed by atoms with Crippen LogP contribution in [0.2, 0.25) is 0 Å². The molecule has 0 unspecified atom stereocenters. The van der Waals surface area contributed by atoms with Crippen LogP contribution in [0, 0.1) is 12.7 Å². The van der Waals surface area contributed by atoms with Crippen molar-refractivity contribution in [1.29, 1.82) is 0 Å². The number of amides is 1. The number of hydrogen-bond donors (Lipinski definition) is 2. The second kappa shape index (κ2) is 5.96. The maximum atomic E-state index is 13.5. The van der Waals surface area contributed by atoms with Gasteiger partial charge in [0.1, 0.15) is 5.82 Å². The second-order valence-electron chi connectivity index (χ2n) is 5.46. The number of aryl methyl sites for hydroxylation is 1. The van der Waals surface area contributed by atoms with Crippen molar-refractivity contribution in [1.82, 2.24) is 5.32 Å². The van der Waals surface area contributed by atoms with Crippen molar-refractivity contribution in [3.8, 4) is 0 Å². The van der Waals surface area contributed by atoms with Gasteiger partial charge >= 0.3 is 0 Å². The number of anilines is 1. The predicted octanol–water partition coefficient (Wildman–Crippen LogP) is 2.85. The molecule has 0 bridgehead atoms. The average Bonchev–Trinajstić information content (AvgIpc) is 2.20. The van der Waals surface area contributed by atoms with Crippen LogP contribution in [0.15, 0.2) is 18.2 Å². The molecule has 1 amide bonds. The Balaban J connectivity index is 2.45. The van der Waals surface area contributed by atoms with E-state index in [1.54, 1.807) is 12.1 Å². The Morgan fingerprint density at radius 1 is 1.33 bits per heavy atom. The normalized spacial score (nSPS) is 11.4. The Morgan fingerprint density at radius 3 is 2.56 bits per heavy atom. The SMILES string of the molecule is Cc1ccc(NC(=O)CCNC(C)(C)C)c(F)c1. The van der Waals surface area contributed by atoms with Crippen LogP contribution in [0.3, 0.4) is 0 Å². The predicted molar refractivity (Wildman–Crippen MR) is 72.1 cm³/mol. The van der Waals surface area contributed by atoms with Gasteiger partial charge in [-0.3, -0.25) is 4.79 Å². The van der Waals surface area contributed by atoms with Gasteiger partial charge in [0.05, 0.1) is 5.69 Å². The summed E-state index contributed by atoms with van der Waals surface area (Å²) in [5.41, 5.74) is 1.05. The number of halogens is 1. The topological polar surface area (TPSA) is 41.1 Å². The molecule has 0 spiro atoms. The summed E-state index contributed by atoms with van der Waals surface area (Å²) in [7, 11) is 0. The zero-order valence-corrected chi connectivity index (χ0v) is 11.4. The van der Waals surface area contributed by atoms with Crippen LogP contribution in [-0.4, -0.2) is 18.0 Å². The van der Waals surface area contributed by atoms with Crippen molar-refractivity contribution in [2.24, 2.45) is 0 Å². The van der Waals surface area contributed by atoms with Crippen LogP contribution < -0.4 is 10.6 Å². The molecule has 18 heavy (non-hydrogen) atoms. The van der Waals surface area contributed by atoms with E-state index in [1.807, 2.05) is 27.7 Å². The van der Waals surface area contributed by atoms with Crippen LogP contribution in [0.25, 0.3) is 0 Å². The monoisotopic (exact) mass is 252 g/mol. The van der Waals surface area contributed by atoms with E-state index in [1.165, 1.54) is 6.07 Å². The number of carbonyl (C=O) groups is 1. The maximum absolute atomic E-state index is 13.5. The lowest BCUT2D eigenvalue weighted by Gasteiger charge is -2.20. The van der Waals surface area contributed by atoms with E-state index in [9.17, 15) is 9.18 Å². The zero-order valence-electron chi connectivity index (χ0n) is 11.4. The van der Waals surface area contributed by atoms with Crippen LogP contribution in [0.1, 0.15) is 32.8 Å². The molecule has 0 aliphatic carbocycles. The Hall–Kier alpha value is -1.42. The molecular weight excluding hydrogens is 231 g/mol. The van der Waals surface area contributed by atoms with Crippen LogP contribution >= 0.6 is 0 Å². The number of carbonyl (C=O) groups excluding carboxylic acids is 1. The summed E-state index contributed by atoms with van der Waals surface area (Å²) in [5.74, 6) is -0.582. The lowest BCUT2D eigenvalue weighted by molar-refractivity contribution is -0.116. The summed E-state index contributed by atoms with van der Waals surface area (Å²) in [4.78, 5) is 11.6. The van der Waals surface area contributed by atoms with Gasteiger partial charge in [-0.25, -0.2) is 4.39 Å². The Bertz CT molecular complexity index is 424. The Labute approximate surface area is 108 Å². The van der Waals surface area contributed by atoms with Crippen molar-refractivity contribution in [3.05, 3.63) is 29.6 Å². The number of benzene rings is 1. The van der Waals surface area contributed by atoms with E-state index in [0.29, 0.717) is 13.0 Å². The third-order valence-electron chi connectivity index (χ3n) is 2.41. The van der Waals surface area contributed by atoms with E-state index >= 15 is 0 Å². The molecule has 1 aromatic carbocycles. The van der Waals surface area contributed by atoms with E-state index in [-0.39, 0.29) is 17.1 Å². The fourth-order valence-corrected chi connectivity index (χ4v) is 1.49. The van der Waals surface area contributed by atoms with Crippen molar-refractivity contribution >= 4 is 11.6 Å². The van der Waals surface area contributed by atoms with E-state index in [4.69, 9.17) is 0 Å². The third-order valence-corrected chi connectivity index (χ3v) is 2.41. The molecule has 2 N–H and O–H groups in total. The standard InChI is InChI=1S/C14H21FN2O/c1-10-5-6-12(11(15)9-10)17-13(18)7-8-16-14(2,3)4/h5-6,9,16H,7-8H2,1-4H3,(H,17,18). The van der Waals surface area contributed by atoms with Crippen LogP contribution in [0.5, 0.6) is 0 Å². The first-order valence-electron chi connectivity index (χ1n) is 6.09. The van der Waals surface area contributed by atoms with Gasteiger partial charge in [0.25, 0.3) is 0 Å². The Morgan fingerprint density at radius 2 is 2.00 bits per heavy atom. The fourth-order valence-electron chi connectivity index (χ4n) is 1.49. The molecule has 0 fully saturated rings. The minimum absolute atomic E-state index is 0.0185. The minimum Gasteiger partial charge on any atom is -0.324 e. The molecule has 0 aromatic heterocycles. The first-order valence-corrected chi connectivity index (χ1v) is 6.09.